The molecule has 0 spiro atoms. The van der Waals surface area contributed by atoms with Gasteiger partial charge in [-0.15, -0.1) is 0 Å². The summed E-state index contributed by atoms with van der Waals surface area (Å²) in [5.74, 6) is -0.805. The van der Waals surface area contributed by atoms with Gasteiger partial charge in [-0.05, 0) is 24.1 Å². The van der Waals surface area contributed by atoms with Crippen LogP contribution in [-0.2, 0) is 25.8 Å². The second-order valence-corrected chi connectivity index (χ2v) is 5.76. The van der Waals surface area contributed by atoms with E-state index < -0.39 is 18.0 Å². The van der Waals surface area contributed by atoms with Crippen molar-refractivity contribution in [2.75, 3.05) is 6.61 Å². The number of hydrogen-bond donors (Lipinski definition) is 0. The lowest BCUT2D eigenvalue weighted by molar-refractivity contribution is -0.177. The van der Waals surface area contributed by atoms with Crippen molar-refractivity contribution < 1.29 is 28.7 Å². The van der Waals surface area contributed by atoms with Crippen LogP contribution in [0.3, 0.4) is 0 Å². The first-order valence-electron chi connectivity index (χ1n) is 7.23. The maximum absolute atomic E-state index is 11.6. The highest BCUT2D eigenvalue weighted by atomic mass is 35.5. The van der Waals surface area contributed by atoms with Gasteiger partial charge in [0.1, 0.15) is 6.61 Å². The Morgan fingerprint density at radius 2 is 1.75 bits per heavy atom. The molecule has 1 heterocycles. The number of carbonyl (C=O) groups excluding carboxylic acids is 3. The Hall–Kier alpha value is -1.99. The van der Waals surface area contributed by atoms with Gasteiger partial charge in [-0.1, -0.05) is 35.2 Å². The molecule has 0 radical (unpaired) electrons. The summed E-state index contributed by atoms with van der Waals surface area (Å²) in [6.45, 7) is 2.23. The van der Waals surface area contributed by atoms with Crippen LogP contribution >= 0.6 is 23.2 Å². The van der Waals surface area contributed by atoms with E-state index in [0.717, 1.165) is 6.42 Å². The first kappa shape index (κ1) is 18.4. The number of rotatable bonds is 6. The molecule has 1 aliphatic rings. The molecule has 1 aromatic rings. The molecular weight excluding hydrogens is 361 g/mol. The Bertz CT molecular complexity index is 624. The lowest BCUT2D eigenvalue weighted by Crippen LogP contribution is -2.32. The molecule has 9 heteroatoms. The third-order valence-corrected chi connectivity index (χ3v) is 3.60. The minimum absolute atomic E-state index is 0.0105. The average molecular weight is 376 g/mol. The summed E-state index contributed by atoms with van der Waals surface area (Å²) in [4.78, 5) is 38.8. The van der Waals surface area contributed by atoms with Gasteiger partial charge in [-0.2, -0.15) is 0 Å². The summed E-state index contributed by atoms with van der Waals surface area (Å²) < 4.78 is 10.3. The Labute approximate surface area is 148 Å². The fourth-order valence-electron chi connectivity index (χ4n) is 1.94. The van der Waals surface area contributed by atoms with Crippen molar-refractivity contribution >= 4 is 41.2 Å². The molecule has 0 saturated carbocycles. The van der Waals surface area contributed by atoms with Gasteiger partial charge in [0.05, 0.1) is 16.7 Å². The number of benzene rings is 1. The monoisotopic (exact) mass is 375 g/mol. The third kappa shape index (κ3) is 4.52. The Morgan fingerprint density at radius 1 is 1.17 bits per heavy atom. The zero-order valence-corrected chi connectivity index (χ0v) is 14.4. The van der Waals surface area contributed by atoms with Gasteiger partial charge in [0.2, 0.25) is 0 Å². The molecule has 0 aliphatic carbocycles. The molecule has 2 amide bonds. The first-order chi connectivity index (χ1) is 11.4. The van der Waals surface area contributed by atoms with Gasteiger partial charge in [-0.25, -0.2) is 4.79 Å². The number of halogens is 2. The van der Waals surface area contributed by atoms with Crippen LogP contribution < -0.4 is 4.74 Å². The van der Waals surface area contributed by atoms with Crippen LogP contribution in [-0.4, -0.2) is 29.6 Å². The number of hydrogen-bond acceptors (Lipinski definition) is 6. The van der Waals surface area contributed by atoms with E-state index in [4.69, 9.17) is 32.7 Å². The fraction of sp³-hybridized carbons (Fsp3) is 0.400. The predicted molar refractivity (Wildman–Crippen MR) is 84.6 cm³/mol. The normalized spacial score (nSPS) is 14.0. The van der Waals surface area contributed by atoms with Crippen molar-refractivity contribution in [3.63, 3.8) is 0 Å². The van der Waals surface area contributed by atoms with E-state index in [1.807, 2.05) is 6.92 Å². The summed E-state index contributed by atoms with van der Waals surface area (Å²) in [5.41, 5.74) is 0.505. The molecule has 0 atom stereocenters. The van der Waals surface area contributed by atoms with E-state index in [1.54, 1.807) is 0 Å². The maximum Gasteiger partial charge on any atom is 0.534 e. The van der Waals surface area contributed by atoms with E-state index in [2.05, 4.69) is 4.84 Å². The molecule has 2 rings (SSSR count). The van der Waals surface area contributed by atoms with Gasteiger partial charge in [0.25, 0.3) is 11.8 Å². The van der Waals surface area contributed by atoms with E-state index in [-0.39, 0.29) is 29.5 Å². The number of carbonyl (C=O) groups is 3. The van der Waals surface area contributed by atoms with Gasteiger partial charge < -0.3 is 9.47 Å². The van der Waals surface area contributed by atoms with Gasteiger partial charge in [-0.3, -0.25) is 14.4 Å². The topological polar surface area (TPSA) is 82.1 Å². The largest absolute Gasteiger partial charge is 0.534 e. The molecule has 7 nitrogen and oxygen atoms in total. The second kappa shape index (κ2) is 8.21. The van der Waals surface area contributed by atoms with Crippen molar-refractivity contribution in [3.05, 3.63) is 27.7 Å². The van der Waals surface area contributed by atoms with E-state index in [0.29, 0.717) is 23.0 Å². The van der Waals surface area contributed by atoms with Crippen molar-refractivity contribution in [3.8, 4) is 5.75 Å². The van der Waals surface area contributed by atoms with Crippen LogP contribution in [0.5, 0.6) is 5.75 Å². The molecule has 0 aromatic heterocycles. The summed E-state index contributed by atoms with van der Waals surface area (Å²) in [6.07, 6.45) is -0.345. The van der Waals surface area contributed by atoms with Gasteiger partial charge in [0, 0.05) is 12.8 Å². The van der Waals surface area contributed by atoms with Gasteiger partial charge in [0.15, 0.2) is 5.75 Å². The second-order valence-electron chi connectivity index (χ2n) is 4.95. The standard InChI is InChI=1S/C15H15Cl2NO6/c1-2-5-22-14-10(16)6-9(7-11(14)17)8-23-15(21)24-18-12(19)3-4-13(18)20/h6-7H,2-5,8H2,1H3. The highest BCUT2D eigenvalue weighted by Gasteiger charge is 2.33. The number of ether oxygens (including phenoxy) is 2. The summed E-state index contributed by atoms with van der Waals surface area (Å²) in [6, 6.07) is 3.08. The number of nitrogens with zero attached hydrogens (tertiary/aromatic N) is 1. The molecule has 24 heavy (non-hydrogen) atoms. The van der Waals surface area contributed by atoms with Crippen LogP contribution in [0.4, 0.5) is 4.79 Å². The van der Waals surface area contributed by atoms with Crippen molar-refractivity contribution in [2.24, 2.45) is 0 Å². The number of amides is 2. The zero-order chi connectivity index (χ0) is 17.7. The summed E-state index contributed by atoms with van der Waals surface area (Å²) in [5, 5.41) is 0.977. The highest BCUT2D eigenvalue weighted by molar-refractivity contribution is 6.37. The van der Waals surface area contributed by atoms with Crippen LogP contribution in [0, 0.1) is 0 Å². The minimum atomic E-state index is -1.17. The number of hydroxylamine groups is 2. The van der Waals surface area contributed by atoms with E-state index >= 15 is 0 Å². The quantitative estimate of drug-likeness (QED) is 0.558. The molecule has 0 bridgehead atoms. The van der Waals surface area contributed by atoms with Crippen molar-refractivity contribution in [1.82, 2.24) is 5.06 Å². The Kier molecular flexibility index (Phi) is 6.28. The maximum atomic E-state index is 11.6. The van der Waals surface area contributed by atoms with E-state index in [9.17, 15) is 14.4 Å². The fourth-order valence-corrected chi connectivity index (χ4v) is 2.58. The molecule has 1 saturated heterocycles. The molecule has 0 N–H and O–H groups in total. The summed E-state index contributed by atoms with van der Waals surface area (Å²) in [7, 11) is 0. The zero-order valence-electron chi connectivity index (χ0n) is 12.8. The molecule has 1 fully saturated rings. The molecule has 0 unspecified atom stereocenters. The Balaban J connectivity index is 1.93. The lowest BCUT2D eigenvalue weighted by Gasteiger charge is -2.13. The van der Waals surface area contributed by atoms with Crippen LogP contribution in [0.2, 0.25) is 10.0 Å². The van der Waals surface area contributed by atoms with Crippen molar-refractivity contribution in [2.45, 2.75) is 32.8 Å². The van der Waals surface area contributed by atoms with Crippen LogP contribution in [0.15, 0.2) is 12.1 Å². The number of imide groups is 1. The summed E-state index contributed by atoms with van der Waals surface area (Å²) >= 11 is 12.2. The van der Waals surface area contributed by atoms with Gasteiger partial charge >= 0.3 is 6.16 Å². The molecule has 1 aliphatic heterocycles. The average Bonchev–Trinajstić information content (AvgIpc) is 2.84. The predicted octanol–water partition coefficient (Wildman–Crippen LogP) is 3.50. The van der Waals surface area contributed by atoms with Crippen LogP contribution in [0.1, 0.15) is 31.7 Å². The smallest absolute Gasteiger partial charge is 0.490 e. The molecule has 130 valence electrons. The minimum Gasteiger partial charge on any atom is -0.490 e. The van der Waals surface area contributed by atoms with Crippen molar-refractivity contribution in [1.29, 1.82) is 0 Å². The van der Waals surface area contributed by atoms with Crippen LogP contribution in [0.25, 0.3) is 0 Å². The molecular formula is C15H15Cl2NO6. The molecule has 1 aromatic carbocycles. The Morgan fingerprint density at radius 3 is 2.29 bits per heavy atom. The third-order valence-electron chi connectivity index (χ3n) is 3.04. The highest BCUT2D eigenvalue weighted by Crippen LogP contribution is 2.34. The SMILES string of the molecule is CCCOc1c(Cl)cc(COC(=O)ON2C(=O)CCC2=O)cc1Cl. The first-order valence-corrected chi connectivity index (χ1v) is 7.99. The lowest BCUT2D eigenvalue weighted by atomic mass is 10.2. The van der Waals surface area contributed by atoms with E-state index in [1.165, 1.54) is 12.1 Å².